The standard InChI is InChI=1S/C23H27F6N2P/c24-22(25,26)19-12-11-16(15-20(19)23(27,28)29)31-14-13-30-21(31)32(17-7-3-1-4-8-17)18-9-5-2-6-10-18/h11-15,17-18H,1-10H2. The first kappa shape index (κ1) is 23.6. The van der Waals surface area contributed by atoms with Gasteiger partial charge in [-0.1, -0.05) is 38.5 Å². The number of rotatable bonds is 4. The van der Waals surface area contributed by atoms with E-state index in [0.717, 1.165) is 63.0 Å². The Kier molecular flexibility index (Phi) is 6.90. The van der Waals surface area contributed by atoms with Gasteiger partial charge in [-0.25, -0.2) is 4.98 Å². The van der Waals surface area contributed by atoms with E-state index in [1.807, 2.05) is 0 Å². The summed E-state index contributed by atoms with van der Waals surface area (Å²) in [6.07, 6.45) is 4.36. The minimum atomic E-state index is -5.10. The molecule has 1 aromatic carbocycles. The number of hydrogen-bond donors (Lipinski definition) is 0. The lowest BCUT2D eigenvalue weighted by molar-refractivity contribution is -0.162. The van der Waals surface area contributed by atoms with E-state index in [0.29, 0.717) is 23.5 Å². The first-order valence-electron chi connectivity index (χ1n) is 11.3. The van der Waals surface area contributed by atoms with Crippen molar-refractivity contribution in [1.29, 1.82) is 0 Å². The Morgan fingerprint density at radius 1 is 0.750 bits per heavy atom. The zero-order chi connectivity index (χ0) is 22.9. The highest BCUT2D eigenvalue weighted by molar-refractivity contribution is 7.66. The molecule has 0 bridgehead atoms. The lowest BCUT2D eigenvalue weighted by atomic mass is 9.99. The summed E-state index contributed by atoms with van der Waals surface area (Å²) in [6.45, 7) is 0. The van der Waals surface area contributed by atoms with E-state index in [2.05, 4.69) is 4.98 Å². The third kappa shape index (κ3) is 5.00. The molecule has 2 aliphatic carbocycles. The van der Waals surface area contributed by atoms with Crippen molar-refractivity contribution in [3.05, 3.63) is 41.7 Å². The van der Waals surface area contributed by atoms with Gasteiger partial charge in [0.05, 0.1) is 11.1 Å². The molecule has 4 rings (SSSR count). The Morgan fingerprint density at radius 2 is 1.28 bits per heavy atom. The van der Waals surface area contributed by atoms with Gasteiger partial charge in [-0.15, -0.1) is 0 Å². The number of halogens is 6. The predicted molar refractivity (Wildman–Crippen MR) is 114 cm³/mol. The van der Waals surface area contributed by atoms with Crippen LogP contribution in [0.1, 0.15) is 75.3 Å². The number of benzene rings is 1. The van der Waals surface area contributed by atoms with Crippen LogP contribution in [0.25, 0.3) is 5.69 Å². The molecule has 2 aliphatic rings. The average Bonchev–Trinajstić information content (AvgIpc) is 3.23. The van der Waals surface area contributed by atoms with Crippen molar-refractivity contribution in [2.75, 3.05) is 0 Å². The quantitative estimate of drug-likeness (QED) is 0.327. The molecule has 0 atom stereocenters. The monoisotopic (exact) mass is 476 g/mol. The smallest absolute Gasteiger partial charge is 0.300 e. The van der Waals surface area contributed by atoms with Crippen molar-refractivity contribution in [1.82, 2.24) is 9.55 Å². The van der Waals surface area contributed by atoms with E-state index in [1.165, 1.54) is 12.8 Å². The maximum absolute atomic E-state index is 13.5. The number of imidazole rings is 1. The van der Waals surface area contributed by atoms with Gasteiger partial charge < -0.3 is 4.57 Å². The van der Waals surface area contributed by atoms with Crippen LogP contribution >= 0.6 is 7.92 Å². The van der Waals surface area contributed by atoms with Gasteiger partial charge >= 0.3 is 12.4 Å². The van der Waals surface area contributed by atoms with Gasteiger partial charge in [0.25, 0.3) is 0 Å². The van der Waals surface area contributed by atoms with E-state index in [4.69, 9.17) is 0 Å². The van der Waals surface area contributed by atoms with E-state index in [-0.39, 0.29) is 5.69 Å². The summed E-state index contributed by atoms with van der Waals surface area (Å²) in [5.74, 6) is 0. The van der Waals surface area contributed by atoms with E-state index in [9.17, 15) is 26.3 Å². The van der Waals surface area contributed by atoms with E-state index in [1.54, 1.807) is 17.0 Å². The van der Waals surface area contributed by atoms with E-state index >= 15 is 0 Å². The third-order valence-electron chi connectivity index (χ3n) is 6.68. The molecule has 2 fully saturated rings. The first-order chi connectivity index (χ1) is 15.2. The van der Waals surface area contributed by atoms with Crippen LogP contribution in [0.3, 0.4) is 0 Å². The van der Waals surface area contributed by atoms with Gasteiger partial charge in [-0.3, -0.25) is 0 Å². The number of alkyl halides is 6. The Hall–Kier alpha value is -1.56. The molecule has 1 aromatic heterocycles. The maximum atomic E-state index is 13.5. The second-order valence-electron chi connectivity index (χ2n) is 8.81. The largest absolute Gasteiger partial charge is 0.417 e. The van der Waals surface area contributed by atoms with Gasteiger partial charge in [-0.2, -0.15) is 26.3 Å². The third-order valence-corrected chi connectivity index (χ3v) is 10.1. The Balaban J connectivity index is 1.77. The summed E-state index contributed by atoms with van der Waals surface area (Å²) in [5.41, 5.74) is -1.51. The van der Waals surface area contributed by atoms with Crippen molar-refractivity contribution >= 4 is 13.5 Å². The van der Waals surface area contributed by atoms with Gasteiger partial charge in [0.1, 0.15) is 5.57 Å². The van der Waals surface area contributed by atoms with Gasteiger partial charge in [0.15, 0.2) is 0 Å². The highest BCUT2D eigenvalue weighted by Crippen LogP contribution is 2.54. The highest BCUT2D eigenvalue weighted by Gasteiger charge is 2.43. The van der Waals surface area contributed by atoms with Crippen molar-refractivity contribution in [2.24, 2.45) is 0 Å². The number of nitrogens with zero attached hydrogens (tertiary/aromatic N) is 2. The van der Waals surface area contributed by atoms with E-state index < -0.39 is 31.4 Å². The molecule has 0 radical (unpaired) electrons. The number of aromatic nitrogens is 2. The second kappa shape index (κ2) is 9.36. The lowest BCUT2D eigenvalue weighted by Gasteiger charge is -2.38. The predicted octanol–water partition coefficient (Wildman–Crippen LogP) is 7.68. The molecule has 2 nitrogen and oxygen atoms in total. The average molecular weight is 476 g/mol. The highest BCUT2D eigenvalue weighted by atomic mass is 31.1. The Labute approximate surface area is 185 Å². The molecule has 9 heteroatoms. The van der Waals surface area contributed by atoms with Crippen LogP contribution in [0.4, 0.5) is 26.3 Å². The Morgan fingerprint density at radius 3 is 1.78 bits per heavy atom. The zero-order valence-electron chi connectivity index (χ0n) is 17.7. The molecule has 0 spiro atoms. The molecule has 2 saturated carbocycles. The van der Waals surface area contributed by atoms with Crippen molar-refractivity contribution in [2.45, 2.75) is 87.9 Å². The van der Waals surface area contributed by atoms with Crippen LogP contribution < -0.4 is 5.57 Å². The molecule has 1 heterocycles. The maximum Gasteiger partial charge on any atom is 0.417 e. The van der Waals surface area contributed by atoms with Crippen LogP contribution in [-0.4, -0.2) is 20.9 Å². The normalized spacial score (nSPS) is 19.6. The fourth-order valence-electron chi connectivity index (χ4n) is 5.20. The lowest BCUT2D eigenvalue weighted by Crippen LogP contribution is -2.30. The molecule has 0 N–H and O–H groups in total. The fourth-order valence-corrected chi connectivity index (χ4v) is 8.92. The topological polar surface area (TPSA) is 17.8 Å². The molecule has 32 heavy (non-hydrogen) atoms. The van der Waals surface area contributed by atoms with Gasteiger partial charge in [0.2, 0.25) is 0 Å². The summed E-state index contributed by atoms with van der Waals surface area (Å²) in [6, 6.07) is 2.31. The summed E-state index contributed by atoms with van der Waals surface area (Å²) >= 11 is 0. The number of hydrogen-bond acceptors (Lipinski definition) is 1. The SMILES string of the molecule is FC(F)(F)c1ccc(-n2ccnc2P(C2CCCCC2)C2CCCCC2)cc1C(F)(F)F. The summed E-state index contributed by atoms with van der Waals surface area (Å²) in [5, 5.41) is 0. The second-order valence-corrected chi connectivity index (χ2v) is 11.5. The van der Waals surface area contributed by atoms with Crippen LogP contribution in [0.2, 0.25) is 0 Å². The van der Waals surface area contributed by atoms with Crippen molar-refractivity contribution in [3.63, 3.8) is 0 Å². The van der Waals surface area contributed by atoms with Crippen LogP contribution in [0.5, 0.6) is 0 Å². The molecular formula is C23H27F6N2P. The molecular weight excluding hydrogens is 449 g/mol. The van der Waals surface area contributed by atoms with Crippen LogP contribution in [0.15, 0.2) is 30.6 Å². The molecule has 0 saturated heterocycles. The molecule has 0 unspecified atom stereocenters. The minimum absolute atomic E-state index is 0.0944. The van der Waals surface area contributed by atoms with Gasteiger partial charge in [0, 0.05) is 18.1 Å². The van der Waals surface area contributed by atoms with Gasteiger partial charge in [-0.05, 0) is 63.1 Å². The van der Waals surface area contributed by atoms with Crippen molar-refractivity contribution < 1.29 is 26.3 Å². The first-order valence-corrected chi connectivity index (χ1v) is 12.7. The zero-order valence-corrected chi connectivity index (χ0v) is 18.6. The van der Waals surface area contributed by atoms with Crippen LogP contribution in [0, 0.1) is 0 Å². The molecule has 0 amide bonds. The summed E-state index contributed by atoms with van der Waals surface area (Å²) in [7, 11) is -0.719. The fraction of sp³-hybridized carbons (Fsp3) is 0.609. The molecule has 2 aromatic rings. The molecule has 0 aliphatic heterocycles. The van der Waals surface area contributed by atoms with Crippen molar-refractivity contribution in [3.8, 4) is 5.69 Å². The minimum Gasteiger partial charge on any atom is -0.300 e. The Bertz CT molecular complexity index is 890. The summed E-state index contributed by atoms with van der Waals surface area (Å²) < 4.78 is 81.9. The summed E-state index contributed by atoms with van der Waals surface area (Å²) in [4.78, 5) is 4.59. The molecule has 176 valence electrons. The van der Waals surface area contributed by atoms with Crippen LogP contribution in [-0.2, 0) is 12.4 Å².